The summed E-state index contributed by atoms with van der Waals surface area (Å²) in [7, 11) is 0. The smallest absolute Gasteiger partial charge is 0.162 e. The van der Waals surface area contributed by atoms with Crippen LogP contribution in [0.25, 0.3) is 0 Å². The third-order valence-corrected chi connectivity index (χ3v) is 5.05. The number of hydrogen-bond acceptors (Lipinski definition) is 2. The van der Waals surface area contributed by atoms with Crippen molar-refractivity contribution >= 4 is 18.2 Å². The standard InChI is InChI=1S/C22H27NO.ClH/c24-22(21-10-5-2-6-11-21)12-7-15-23-16-13-20(14-17-23)18-19-8-3-1-4-9-19;/h1-6,8-11,20H,7,12-18H2;1H. The van der Waals surface area contributed by atoms with Crippen LogP contribution < -0.4 is 0 Å². The maximum atomic E-state index is 12.1. The van der Waals surface area contributed by atoms with E-state index in [0.29, 0.717) is 6.42 Å². The van der Waals surface area contributed by atoms with Crippen LogP contribution in [0.4, 0.5) is 0 Å². The van der Waals surface area contributed by atoms with Gasteiger partial charge in [0.15, 0.2) is 5.78 Å². The zero-order valence-corrected chi connectivity index (χ0v) is 15.6. The average Bonchev–Trinajstić information content (AvgIpc) is 2.65. The predicted molar refractivity (Wildman–Crippen MR) is 107 cm³/mol. The fourth-order valence-corrected chi connectivity index (χ4v) is 3.59. The maximum absolute atomic E-state index is 12.1. The summed E-state index contributed by atoms with van der Waals surface area (Å²) in [5.41, 5.74) is 2.31. The summed E-state index contributed by atoms with van der Waals surface area (Å²) < 4.78 is 0. The lowest BCUT2D eigenvalue weighted by Gasteiger charge is -2.32. The second-order valence-corrected chi connectivity index (χ2v) is 6.87. The number of nitrogens with zero attached hydrogens (tertiary/aromatic N) is 1. The quantitative estimate of drug-likeness (QED) is 0.648. The summed E-state index contributed by atoms with van der Waals surface area (Å²) in [5, 5.41) is 0. The lowest BCUT2D eigenvalue weighted by molar-refractivity contribution is 0.0970. The molecule has 1 saturated heterocycles. The highest BCUT2D eigenvalue weighted by molar-refractivity contribution is 5.95. The van der Waals surface area contributed by atoms with Crippen molar-refractivity contribution in [2.45, 2.75) is 32.1 Å². The lowest BCUT2D eigenvalue weighted by atomic mass is 9.90. The first-order chi connectivity index (χ1) is 11.8. The number of carbonyl (C=O) groups excluding carboxylic acids is 1. The van der Waals surface area contributed by atoms with Gasteiger partial charge in [-0.15, -0.1) is 12.4 Å². The van der Waals surface area contributed by atoms with Crippen molar-refractivity contribution in [3.05, 3.63) is 71.8 Å². The fraction of sp³-hybridized carbons (Fsp3) is 0.409. The summed E-state index contributed by atoms with van der Waals surface area (Å²) in [4.78, 5) is 14.7. The number of carbonyl (C=O) groups is 1. The number of ketones is 1. The molecule has 0 spiro atoms. The molecule has 3 rings (SSSR count). The minimum Gasteiger partial charge on any atom is -0.303 e. The van der Waals surface area contributed by atoms with Crippen LogP contribution in [0, 0.1) is 5.92 Å². The van der Waals surface area contributed by atoms with Crippen molar-refractivity contribution in [2.75, 3.05) is 19.6 Å². The molecule has 1 aliphatic heterocycles. The summed E-state index contributed by atoms with van der Waals surface area (Å²) in [6.07, 6.45) is 5.40. The van der Waals surface area contributed by atoms with E-state index < -0.39 is 0 Å². The first-order valence-corrected chi connectivity index (χ1v) is 9.16. The van der Waals surface area contributed by atoms with Gasteiger partial charge >= 0.3 is 0 Å². The van der Waals surface area contributed by atoms with E-state index >= 15 is 0 Å². The van der Waals surface area contributed by atoms with Crippen LogP contribution in [0.2, 0.25) is 0 Å². The number of piperidine rings is 1. The zero-order valence-electron chi connectivity index (χ0n) is 14.8. The molecule has 0 amide bonds. The van der Waals surface area contributed by atoms with E-state index in [1.165, 1.54) is 37.9 Å². The molecular weight excluding hydrogens is 330 g/mol. The van der Waals surface area contributed by atoms with Crippen LogP contribution in [-0.4, -0.2) is 30.3 Å². The van der Waals surface area contributed by atoms with Gasteiger partial charge in [0.1, 0.15) is 0 Å². The van der Waals surface area contributed by atoms with Crippen molar-refractivity contribution in [1.29, 1.82) is 0 Å². The van der Waals surface area contributed by atoms with E-state index in [4.69, 9.17) is 0 Å². The Hall–Kier alpha value is -1.64. The number of rotatable bonds is 7. The minimum absolute atomic E-state index is 0. The third-order valence-electron chi connectivity index (χ3n) is 5.05. The molecule has 1 aliphatic rings. The second-order valence-electron chi connectivity index (χ2n) is 6.87. The Kier molecular flexibility index (Phi) is 8.17. The van der Waals surface area contributed by atoms with Crippen LogP contribution >= 0.6 is 12.4 Å². The monoisotopic (exact) mass is 357 g/mol. The van der Waals surface area contributed by atoms with Crippen molar-refractivity contribution in [3.8, 4) is 0 Å². The number of likely N-dealkylation sites (tertiary alicyclic amines) is 1. The van der Waals surface area contributed by atoms with E-state index in [2.05, 4.69) is 35.2 Å². The molecule has 0 N–H and O–H groups in total. The van der Waals surface area contributed by atoms with Crippen molar-refractivity contribution in [1.82, 2.24) is 4.90 Å². The van der Waals surface area contributed by atoms with Crippen molar-refractivity contribution in [2.24, 2.45) is 5.92 Å². The van der Waals surface area contributed by atoms with Crippen LogP contribution in [0.5, 0.6) is 0 Å². The first kappa shape index (κ1) is 19.7. The van der Waals surface area contributed by atoms with Crippen molar-refractivity contribution in [3.63, 3.8) is 0 Å². The van der Waals surface area contributed by atoms with Crippen LogP contribution in [0.3, 0.4) is 0 Å². The van der Waals surface area contributed by atoms with Crippen molar-refractivity contribution < 1.29 is 4.79 Å². The largest absolute Gasteiger partial charge is 0.303 e. The Morgan fingerprint density at radius 1 is 0.920 bits per heavy atom. The molecule has 0 aliphatic carbocycles. The summed E-state index contributed by atoms with van der Waals surface area (Å²) in [6, 6.07) is 20.5. The van der Waals surface area contributed by atoms with Gasteiger partial charge in [-0.1, -0.05) is 60.7 Å². The Morgan fingerprint density at radius 3 is 2.16 bits per heavy atom. The van der Waals surface area contributed by atoms with Gasteiger partial charge in [-0.05, 0) is 56.8 Å². The number of Topliss-reactive ketones (excluding diaryl/α,β-unsaturated/α-hetero) is 1. The molecule has 0 aromatic heterocycles. The fourth-order valence-electron chi connectivity index (χ4n) is 3.59. The maximum Gasteiger partial charge on any atom is 0.162 e. The van der Waals surface area contributed by atoms with Gasteiger partial charge < -0.3 is 4.90 Å². The third kappa shape index (κ3) is 6.30. The van der Waals surface area contributed by atoms with E-state index in [-0.39, 0.29) is 18.2 Å². The highest BCUT2D eigenvalue weighted by Crippen LogP contribution is 2.22. The Labute approximate surface area is 157 Å². The Morgan fingerprint density at radius 2 is 1.52 bits per heavy atom. The molecule has 1 fully saturated rings. The van der Waals surface area contributed by atoms with Gasteiger partial charge in [0.05, 0.1) is 0 Å². The number of hydrogen-bond donors (Lipinski definition) is 0. The van der Waals surface area contributed by atoms with Gasteiger partial charge in [-0.3, -0.25) is 4.79 Å². The van der Waals surface area contributed by atoms with Crippen LogP contribution in [0.15, 0.2) is 60.7 Å². The second kappa shape index (κ2) is 10.4. The number of benzene rings is 2. The van der Waals surface area contributed by atoms with Crippen LogP contribution in [0.1, 0.15) is 41.6 Å². The molecule has 2 nitrogen and oxygen atoms in total. The Bertz CT molecular complexity index is 621. The molecule has 1 heterocycles. The molecule has 0 unspecified atom stereocenters. The summed E-state index contributed by atoms with van der Waals surface area (Å²) in [5.74, 6) is 1.09. The molecule has 25 heavy (non-hydrogen) atoms. The zero-order chi connectivity index (χ0) is 16.6. The molecule has 2 aromatic carbocycles. The molecule has 0 bridgehead atoms. The molecule has 3 heteroatoms. The molecule has 0 saturated carbocycles. The van der Waals surface area contributed by atoms with Crippen LogP contribution in [-0.2, 0) is 6.42 Å². The van der Waals surface area contributed by atoms with E-state index in [1.807, 2.05) is 30.3 Å². The minimum atomic E-state index is 0. The predicted octanol–water partition coefficient (Wildman–Crippen LogP) is 5.03. The van der Waals surface area contributed by atoms with Gasteiger partial charge in [0, 0.05) is 12.0 Å². The normalized spacial score (nSPS) is 15.5. The molecule has 0 radical (unpaired) electrons. The highest BCUT2D eigenvalue weighted by Gasteiger charge is 2.19. The molecule has 0 atom stereocenters. The molecular formula is C22H28ClNO. The SMILES string of the molecule is Cl.O=C(CCCN1CCC(Cc2ccccc2)CC1)c1ccccc1. The van der Waals surface area contributed by atoms with Gasteiger partial charge in [0.2, 0.25) is 0 Å². The lowest BCUT2D eigenvalue weighted by Crippen LogP contribution is -2.35. The topological polar surface area (TPSA) is 20.3 Å². The van der Waals surface area contributed by atoms with E-state index in [0.717, 1.165) is 24.4 Å². The molecule has 134 valence electrons. The highest BCUT2D eigenvalue weighted by atomic mass is 35.5. The van der Waals surface area contributed by atoms with E-state index in [9.17, 15) is 4.79 Å². The summed E-state index contributed by atoms with van der Waals surface area (Å²) in [6.45, 7) is 3.41. The van der Waals surface area contributed by atoms with E-state index in [1.54, 1.807) is 0 Å². The Balaban J connectivity index is 0.00000225. The first-order valence-electron chi connectivity index (χ1n) is 9.16. The van der Waals surface area contributed by atoms with Gasteiger partial charge in [-0.2, -0.15) is 0 Å². The molecule has 2 aromatic rings. The van der Waals surface area contributed by atoms with Gasteiger partial charge in [0.25, 0.3) is 0 Å². The van der Waals surface area contributed by atoms with Gasteiger partial charge in [-0.25, -0.2) is 0 Å². The number of halogens is 1. The average molecular weight is 358 g/mol. The summed E-state index contributed by atoms with van der Waals surface area (Å²) >= 11 is 0.